The van der Waals surface area contributed by atoms with Crippen LogP contribution in [0.1, 0.15) is 19.3 Å². The Bertz CT molecular complexity index is 389. The molecule has 1 amide bonds. The number of amides is 1. The van der Waals surface area contributed by atoms with Gasteiger partial charge in [-0.2, -0.15) is 0 Å². The SMILES string of the molecule is O=C(CC1CCOCC1)Nc1ccccc1F. The lowest BCUT2D eigenvalue weighted by molar-refractivity contribution is -0.117. The summed E-state index contributed by atoms with van der Waals surface area (Å²) in [5.74, 6) is -0.162. The fourth-order valence-electron chi connectivity index (χ4n) is 1.98. The summed E-state index contributed by atoms with van der Waals surface area (Å²) in [6.45, 7) is 1.44. The molecule has 0 bridgehead atoms. The van der Waals surface area contributed by atoms with Crippen molar-refractivity contribution >= 4 is 11.6 Å². The van der Waals surface area contributed by atoms with Crippen LogP contribution in [-0.4, -0.2) is 19.1 Å². The van der Waals surface area contributed by atoms with Gasteiger partial charge in [-0.05, 0) is 30.9 Å². The minimum atomic E-state index is -0.396. The van der Waals surface area contributed by atoms with Crippen molar-refractivity contribution in [2.75, 3.05) is 18.5 Å². The minimum absolute atomic E-state index is 0.123. The molecule has 92 valence electrons. The van der Waals surface area contributed by atoms with E-state index in [0.717, 1.165) is 26.1 Å². The molecule has 0 aromatic heterocycles. The summed E-state index contributed by atoms with van der Waals surface area (Å²) in [6.07, 6.45) is 2.26. The minimum Gasteiger partial charge on any atom is -0.381 e. The van der Waals surface area contributed by atoms with Gasteiger partial charge in [-0.3, -0.25) is 4.79 Å². The van der Waals surface area contributed by atoms with Crippen LogP contribution >= 0.6 is 0 Å². The Balaban J connectivity index is 1.86. The molecule has 2 rings (SSSR count). The van der Waals surface area contributed by atoms with Crippen molar-refractivity contribution in [1.82, 2.24) is 0 Å². The Labute approximate surface area is 100.0 Å². The number of halogens is 1. The lowest BCUT2D eigenvalue weighted by Crippen LogP contribution is -2.22. The summed E-state index contributed by atoms with van der Waals surface area (Å²) in [6, 6.07) is 6.21. The van der Waals surface area contributed by atoms with E-state index in [0.29, 0.717) is 12.3 Å². The molecule has 1 aromatic rings. The summed E-state index contributed by atoms with van der Waals surface area (Å²) in [5.41, 5.74) is 0.254. The van der Waals surface area contributed by atoms with Gasteiger partial charge in [0.25, 0.3) is 0 Å². The number of hydrogen-bond acceptors (Lipinski definition) is 2. The molecule has 0 saturated carbocycles. The van der Waals surface area contributed by atoms with Crippen molar-refractivity contribution in [1.29, 1.82) is 0 Å². The van der Waals surface area contributed by atoms with Crippen molar-refractivity contribution in [3.63, 3.8) is 0 Å². The van der Waals surface area contributed by atoms with Crippen LogP contribution in [0.25, 0.3) is 0 Å². The molecule has 0 atom stereocenters. The fourth-order valence-corrected chi connectivity index (χ4v) is 1.98. The molecule has 1 aliphatic heterocycles. The molecule has 1 aromatic carbocycles. The third kappa shape index (κ3) is 3.53. The average molecular weight is 237 g/mol. The Kier molecular flexibility index (Phi) is 4.09. The van der Waals surface area contributed by atoms with E-state index in [9.17, 15) is 9.18 Å². The van der Waals surface area contributed by atoms with Crippen LogP contribution in [0.15, 0.2) is 24.3 Å². The summed E-state index contributed by atoms with van der Waals surface area (Å²) >= 11 is 0. The summed E-state index contributed by atoms with van der Waals surface area (Å²) in [5, 5.41) is 2.60. The third-order valence-electron chi connectivity index (χ3n) is 2.96. The van der Waals surface area contributed by atoms with Crippen LogP contribution in [0.4, 0.5) is 10.1 Å². The van der Waals surface area contributed by atoms with Gasteiger partial charge in [0.2, 0.25) is 5.91 Å². The highest BCUT2D eigenvalue weighted by Gasteiger charge is 2.17. The zero-order chi connectivity index (χ0) is 12.1. The molecule has 4 heteroatoms. The number of ether oxygens (including phenoxy) is 1. The van der Waals surface area contributed by atoms with Crippen molar-refractivity contribution in [3.05, 3.63) is 30.1 Å². The van der Waals surface area contributed by atoms with Crippen molar-refractivity contribution in [2.45, 2.75) is 19.3 Å². The van der Waals surface area contributed by atoms with E-state index in [1.54, 1.807) is 18.2 Å². The molecule has 1 aliphatic rings. The van der Waals surface area contributed by atoms with Gasteiger partial charge in [0.05, 0.1) is 5.69 Å². The van der Waals surface area contributed by atoms with Crippen molar-refractivity contribution < 1.29 is 13.9 Å². The van der Waals surface area contributed by atoms with Crippen molar-refractivity contribution in [2.24, 2.45) is 5.92 Å². The average Bonchev–Trinajstić information content (AvgIpc) is 2.33. The largest absolute Gasteiger partial charge is 0.381 e. The summed E-state index contributed by atoms with van der Waals surface area (Å²) in [7, 11) is 0. The summed E-state index contributed by atoms with van der Waals surface area (Å²) < 4.78 is 18.5. The van der Waals surface area contributed by atoms with Crippen molar-refractivity contribution in [3.8, 4) is 0 Å². The highest BCUT2D eigenvalue weighted by molar-refractivity contribution is 5.90. The number of hydrogen-bond donors (Lipinski definition) is 1. The molecular formula is C13H16FNO2. The monoisotopic (exact) mass is 237 g/mol. The molecule has 3 nitrogen and oxygen atoms in total. The van der Waals surface area contributed by atoms with Gasteiger partial charge in [0, 0.05) is 19.6 Å². The number of anilines is 1. The highest BCUT2D eigenvalue weighted by Crippen LogP contribution is 2.20. The van der Waals surface area contributed by atoms with Crippen LogP contribution in [0.2, 0.25) is 0 Å². The maximum absolute atomic E-state index is 13.3. The van der Waals surface area contributed by atoms with Gasteiger partial charge >= 0.3 is 0 Å². The number of rotatable bonds is 3. The maximum Gasteiger partial charge on any atom is 0.224 e. The second-order valence-corrected chi connectivity index (χ2v) is 4.29. The molecule has 0 radical (unpaired) electrons. The number of carbonyl (C=O) groups is 1. The molecule has 0 spiro atoms. The smallest absolute Gasteiger partial charge is 0.224 e. The second kappa shape index (κ2) is 5.77. The van der Waals surface area contributed by atoms with E-state index in [1.807, 2.05) is 0 Å². The van der Waals surface area contributed by atoms with Crippen LogP contribution in [-0.2, 0) is 9.53 Å². The Hall–Kier alpha value is -1.42. The topological polar surface area (TPSA) is 38.3 Å². The van der Waals surface area contributed by atoms with E-state index >= 15 is 0 Å². The normalized spacial score (nSPS) is 16.8. The zero-order valence-electron chi connectivity index (χ0n) is 9.62. The van der Waals surface area contributed by atoms with Crippen LogP contribution in [0.5, 0.6) is 0 Å². The lowest BCUT2D eigenvalue weighted by Gasteiger charge is -2.21. The number of para-hydroxylation sites is 1. The van der Waals surface area contributed by atoms with Crippen LogP contribution in [0, 0.1) is 11.7 Å². The van der Waals surface area contributed by atoms with E-state index in [1.165, 1.54) is 6.07 Å². The zero-order valence-corrected chi connectivity index (χ0v) is 9.62. The first-order valence-electron chi connectivity index (χ1n) is 5.88. The van der Waals surface area contributed by atoms with Gasteiger partial charge < -0.3 is 10.1 Å². The number of benzene rings is 1. The maximum atomic E-state index is 13.3. The van der Waals surface area contributed by atoms with E-state index < -0.39 is 5.82 Å². The van der Waals surface area contributed by atoms with Gasteiger partial charge in [-0.25, -0.2) is 4.39 Å². The first-order valence-corrected chi connectivity index (χ1v) is 5.88. The van der Waals surface area contributed by atoms with Crippen LogP contribution < -0.4 is 5.32 Å². The molecule has 0 unspecified atom stereocenters. The predicted octanol–water partition coefficient (Wildman–Crippen LogP) is 2.58. The van der Waals surface area contributed by atoms with Gasteiger partial charge in [0.15, 0.2) is 0 Å². The van der Waals surface area contributed by atoms with Gasteiger partial charge in [-0.1, -0.05) is 12.1 Å². The molecule has 1 N–H and O–H groups in total. The Morgan fingerprint density at radius 1 is 1.35 bits per heavy atom. The van der Waals surface area contributed by atoms with Gasteiger partial charge in [-0.15, -0.1) is 0 Å². The predicted molar refractivity (Wildman–Crippen MR) is 63.2 cm³/mol. The van der Waals surface area contributed by atoms with Crippen LogP contribution in [0.3, 0.4) is 0 Å². The molecule has 1 fully saturated rings. The first kappa shape index (κ1) is 12.0. The van der Waals surface area contributed by atoms with E-state index in [2.05, 4.69) is 5.32 Å². The molecular weight excluding hydrogens is 221 g/mol. The number of carbonyl (C=O) groups excluding carboxylic acids is 1. The molecule has 1 heterocycles. The summed E-state index contributed by atoms with van der Waals surface area (Å²) in [4.78, 5) is 11.7. The standard InChI is InChI=1S/C13H16FNO2/c14-11-3-1-2-4-12(11)15-13(16)9-10-5-7-17-8-6-10/h1-4,10H,5-9H2,(H,15,16). The molecule has 1 saturated heterocycles. The Morgan fingerprint density at radius 2 is 2.06 bits per heavy atom. The van der Waals surface area contributed by atoms with E-state index in [4.69, 9.17) is 4.74 Å². The highest BCUT2D eigenvalue weighted by atomic mass is 19.1. The molecule has 17 heavy (non-hydrogen) atoms. The van der Waals surface area contributed by atoms with Gasteiger partial charge in [0.1, 0.15) is 5.82 Å². The lowest BCUT2D eigenvalue weighted by atomic mass is 9.96. The second-order valence-electron chi connectivity index (χ2n) is 4.29. The fraction of sp³-hybridized carbons (Fsp3) is 0.462. The number of nitrogens with one attached hydrogen (secondary N) is 1. The Morgan fingerprint density at radius 3 is 2.76 bits per heavy atom. The third-order valence-corrected chi connectivity index (χ3v) is 2.96. The molecule has 0 aliphatic carbocycles. The quantitative estimate of drug-likeness (QED) is 0.877. The first-order chi connectivity index (χ1) is 8.25. The van der Waals surface area contributed by atoms with E-state index in [-0.39, 0.29) is 11.6 Å².